The van der Waals surface area contributed by atoms with Gasteiger partial charge in [-0.1, -0.05) is 49.4 Å². The van der Waals surface area contributed by atoms with Gasteiger partial charge in [0.05, 0.1) is 36.2 Å². The Bertz CT molecular complexity index is 1340. The summed E-state index contributed by atoms with van der Waals surface area (Å²) in [6.07, 6.45) is 0.703. The second-order valence-corrected chi connectivity index (χ2v) is 8.54. The quantitative estimate of drug-likeness (QED) is 0.268. The van der Waals surface area contributed by atoms with Crippen LogP contribution in [0, 0.1) is 12.7 Å². The van der Waals surface area contributed by atoms with Crippen LogP contribution >= 0.6 is 0 Å². The molecule has 0 spiro atoms. The lowest BCUT2D eigenvalue weighted by atomic mass is 10.1. The molecule has 0 fully saturated rings. The highest BCUT2D eigenvalue weighted by molar-refractivity contribution is 5.94. The zero-order valence-corrected chi connectivity index (χ0v) is 20.9. The van der Waals surface area contributed by atoms with E-state index in [1.165, 1.54) is 12.1 Å². The SMILES string of the molecule is CC[C@H](C)N(Cc1c(C)nn(-c2ccccc2)c1Oc1ccccc1OC)C(=O)c1ccccc1F. The summed E-state index contributed by atoms with van der Waals surface area (Å²) in [5.74, 6) is 0.644. The van der Waals surface area contributed by atoms with E-state index >= 15 is 0 Å². The van der Waals surface area contributed by atoms with Crippen LogP contribution in [-0.2, 0) is 6.54 Å². The van der Waals surface area contributed by atoms with Crippen molar-refractivity contribution < 1.29 is 18.7 Å². The summed E-state index contributed by atoms with van der Waals surface area (Å²) in [6, 6.07) is 22.9. The van der Waals surface area contributed by atoms with E-state index in [0.29, 0.717) is 29.5 Å². The smallest absolute Gasteiger partial charge is 0.257 e. The first-order valence-corrected chi connectivity index (χ1v) is 11.9. The van der Waals surface area contributed by atoms with Crippen LogP contribution < -0.4 is 9.47 Å². The molecule has 36 heavy (non-hydrogen) atoms. The fraction of sp³-hybridized carbons (Fsp3) is 0.241. The third-order valence-corrected chi connectivity index (χ3v) is 6.23. The fourth-order valence-corrected chi connectivity index (χ4v) is 3.98. The summed E-state index contributed by atoms with van der Waals surface area (Å²) in [4.78, 5) is 15.2. The lowest BCUT2D eigenvalue weighted by molar-refractivity contribution is 0.0665. The van der Waals surface area contributed by atoms with Crippen molar-refractivity contribution in [2.75, 3.05) is 7.11 Å². The number of aromatic nitrogens is 2. The number of hydrogen-bond acceptors (Lipinski definition) is 4. The molecule has 1 atom stereocenters. The Morgan fingerprint density at radius 2 is 1.64 bits per heavy atom. The van der Waals surface area contributed by atoms with E-state index < -0.39 is 5.82 Å². The highest BCUT2D eigenvalue weighted by atomic mass is 19.1. The number of rotatable bonds is 9. The summed E-state index contributed by atoms with van der Waals surface area (Å²) < 4.78 is 28.2. The Labute approximate surface area is 210 Å². The number of nitrogens with zero attached hydrogens (tertiary/aromatic N) is 3. The van der Waals surface area contributed by atoms with Crippen molar-refractivity contribution in [3.8, 4) is 23.1 Å². The normalized spacial score (nSPS) is 11.7. The van der Waals surface area contributed by atoms with E-state index in [1.54, 1.807) is 28.8 Å². The van der Waals surface area contributed by atoms with E-state index in [4.69, 9.17) is 14.6 Å². The van der Waals surface area contributed by atoms with Crippen molar-refractivity contribution in [1.29, 1.82) is 0 Å². The van der Waals surface area contributed by atoms with Crippen molar-refractivity contribution in [3.63, 3.8) is 0 Å². The summed E-state index contributed by atoms with van der Waals surface area (Å²) in [7, 11) is 1.58. The minimum atomic E-state index is -0.544. The molecule has 0 radical (unpaired) electrons. The van der Waals surface area contributed by atoms with Crippen molar-refractivity contribution in [2.24, 2.45) is 0 Å². The number of para-hydroxylation sites is 3. The molecule has 0 aliphatic carbocycles. The number of ether oxygens (including phenoxy) is 2. The number of halogens is 1. The molecule has 7 heteroatoms. The number of benzene rings is 3. The molecule has 0 saturated carbocycles. The summed E-state index contributed by atoms with van der Waals surface area (Å²) in [5, 5.41) is 4.76. The van der Waals surface area contributed by atoms with Gasteiger partial charge in [0, 0.05) is 6.04 Å². The lowest BCUT2D eigenvalue weighted by Gasteiger charge is -2.29. The second-order valence-electron chi connectivity index (χ2n) is 8.54. The van der Waals surface area contributed by atoms with E-state index in [0.717, 1.165) is 11.3 Å². The molecule has 1 amide bonds. The van der Waals surface area contributed by atoms with E-state index in [-0.39, 0.29) is 24.1 Å². The highest BCUT2D eigenvalue weighted by Crippen LogP contribution is 2.36. The van der Waals surface area contributed by atoms with E-state index in [2.05, 4.69) is 0 Å². The first-order chi connectivity index (χ1) is 17.4. The Balaban J connectivity index is 1.82. The van der Waals surface area contributed by atoms with Gasteiger partial charge in [-0.05, 0) is 56.7 Å². The van der Waals surface area contributed by atoms with Crippen LogP contribution in [0.2, 0.25) is 0 Å². The van der Waals surface area contributed by atoms with Gasteiger partial charge in [-0.2, -0.15) is 5.10 Å². The fourth-order valence-electron chi connectivity index (χ4n) is 3.98. The third kappa shape index (κ3) is 5.10. The predicted molar refractivity (Wildman–Crippen MR) is 137 cm³/mol. The lowest BCUT2D eigenvalue weighted by Crippen LogP contribution is -2.38. The standard InChI is InChI=1S/C29H30FN3O3/c1-5-20(2)32(28(34)23-15-9-10-16-25(23)30)19-24-21(3)31-33(22-13-7-6-8-14-22)29(24)36-27-18-12-11-17-26(27)35-4/h6-18,20H,5,19H2,1-4H3/t20-/m0/s1. The Morgan fingerprint density at radius 1 is 1.00 bits per heavy atom. The molecule has 0 unspecified atom stereocenters. The van der Waals surface area contributed by atoms with E-state index in [1.807, 2.05) is 75.4 Å². The monoisotopic (exact) mass is 487 g/mol. The summed E-state index contributed by atoms with van der Waals surface area (Å²) in [6.45, 7) is 6.03. The minimum absolute atomic E-state index is 0.0399. The summed E-state index contributed by atoms with van der Waals surface area (Å²) in [5.41, 5.74) is 2.29. The first kappa shape index (κ1) is 25.0. The molecule has 0 aliphatic rings. The molecule has 3 aromatic carbocycles. The van der Waals surface area contributed by atoms with Gasteiger partial charge >= 0.3 is 0 Å². The molecule has 0 N–H and O–H groups in total. The summed E-state index contributed by atoms with van der Waals surface area (Å²) >= 11 is 0. The zero-order valence-electron chi connectivity index (χ0n) is 20.9. The van der Waals surface area contributed by atoms with Crippen LogP contribution in [0.25, 0.3) is 5.69 Å². The van der Waals surface area contributed by atoms with Gasteiger partial charge in [0.25, 0.3) is 5.91 Å². The Hall–Kier alpha value is -4.13. The van der Waals surface area contributed by atoms with Crippen LogP contribution in [0.3, 0.4) is 0 Å². The van der Waals surface area contributed by atoms with Gasteiger partial charge in [0.1, 0.15) is 5.82 Å². The van der Waals surface area contributed by atoms with Crippen LogP contribution in [-0.4, -0.2) is 33.7 Å². The van der Waals surface area contributed by atoms with Gasteiger partial charge < -0.3 is 14.4 Å². The predicted octanol–water partition coefficient (Wildman–Crippen LogP) is 6.56. The molecule has 0 aliphatic heterocycles. The van der Waals surface area contributed by atoms with Gasteiger partial charge in [0.2, 0.25) is 5.88 Å². The Kier molecular flexibility index (Phi) is 7.68. The van der Waals surface area contributed by atoms with Crippen LogP contribution in [0.4, 0.5) is 4.39 Å². The molecule has 1 aromatic heterocycles. The van der Waals surface area contributed by atoms with Crippen LogP contribution in [0.15, 0.2) is 78.9 Å². The second kappa shape index (κ2) is 11.1. The van der Waals surface area contributed by atoms with Crippen LogP contribution in [0.5, 0.6) is 17.4 Å². The molecule has 1 heterocycles. The van der Waals surface area contributed by atoms with Gasteiger partial charge in [-0.25, -0.2) is 9.07 Å². The molecule has 186 valence electrons. The van der Waals surface area contributed by atoms with Gasteiger partial charge in [-0.3, -0.25) is 4.79 Å². The topological polar surface area (TPSA) is 56.6 Å². The van der Waals surface area contributed by atoms with Gasteiger partial charge in [-0.15, -0.1) is 0 Å². The molecular formula is C29H30FN3O3. The zero-order chi connectivity index (χ0) is 25.7. The number of hydrogen-bond donors (Lipinski definition) is 0. The number of carbonyl (C=O) groups excluding carboxylic acids is 1. The maximum absolute atomic E-state index is 14.6. The van der Waals surface area contributed by atoms with E-state index in [9.17, 15) is 9.18 Å². The average molecular weight is 488 g/mol. The molecule has 0 saturated heterocycles. The number of methoxy groups -OCH3 is 1. The van der Waals surface area contributed by atoms with Crippen molar-refractivity contribution in [2.45, 2.75) is 39.8 Å². The van der Waals surface area contributed by atoms with Crippen molar-refractivity contribution in [3.05, 3.63) is 102 Å². The molecular weight excluding hydrogens is 457 g/mol. The number of aryl methyl sites for hydroxylation is 1. The van der Waals surface area contributed by atoms with Crippen molar-refractivity contribution >= 4 is 5.91 Å². The van der Waals surface area contributed by atoms with Gasteiger partial charge in [0.15, 0.2) is 11.5 Å². The molecule has 6 nitrogen and oxygen atoms in total. The minimum Gasteiger partial charge on any atom is -0.493 e. The maximum atomic E-state index is 14.6. The average Bonchev–Trinajstić information content (AvgIpc) is 3.22. The number of amides is 1. The largest absolute Gasteiger partial charge is 0.493 e. The molecule has 4 rings (SSSR count). The number of carbonyl (C=O) groups is 1. The molecule has 4 aromatic rings. The maximum Gasteiger partial charge on any atom is 0.257 e. The van der Waals surface area contributed by atoms with Crippen LogP contribution in [0.1, 0.15) is 41.9 Å². The highest BCUT2D eigenvalue weighted by Gasteiger charge is 2.28. The first-order valence-electron chi connectivity index (χ1n) is 11.9. The third-order valence-electron chi connectivity index (χ3n) is 6.23. The Morgan fingerprint density at radius 3 is 2.31 bits per heavy atom. The molecule has 0 bridgehead atoms. The van der Waals surface area contributed by atoms with Crippen molar-refractivity contribution in [1.82, 2.24) is 14.7 Å².